The highest BCUT2D eigenvalue weighted by Gasteiger charge is 2.22. The van der Waals surface area contributed by atoms with Crippen LogP contribution < -0.4 is 0 Å². The Morgan fingerprint density at radius 3 is 2.60 bits per heavy atom. The predicted octanol–water partition coefficient (Wildman–Crippen LogP) is 3.72. The number of oxazole rings is 1. The molecule has 0 saturated carbocycles. The van der Waals surface area contributed by atoms with Crippen LogP contribution in [0.4, 0.5) is 0 Å². The lowest BCUT2D eigenvalue weighted by atomic mass is 10.1. The first-order valence-corrected chi connectivity index (χ1v) is 6.84. The van der Waals surface area contributed by atoms with Gasteiger partial charge in [-0.1, -0.05) is 32.0 Å². The van der Waals surface area contributed by atoms with Gasteiger partial charge in [-0.2, -0.15) is 0 Å². The van der Waals surface area contributed by atoms with E-state index in [2.05, 4.69) is 18.8 Å². The number of hydrogen-bond acceptors (Lipinski definition) is 4. The zero-order chi connectivity index (χ0) is 14.5. The summed E-state index contributed by atoms with van der Waals surface area (Å²) < 4.78 is 10.7. The van der Waals surface area contributed by atoms with Gasteiger partial charge in [0, 0.05) is 5.56 Å². The molecule has 2 aromatic rings. The highest BCUT2D eigenvalue weighted by molar-refractivity contribution is 5.88. The van der Waals surface area contributed by atoms with E-state index in [-0.39, 0.29) is 5.76 Å². The minimum Gasteiger partial charge on any atom is -0.460 e. The maximum atomic E-state index is 11.9. The minimum atomic E-state index is -0.446. The molecule has 106 valence electrons. The average molecular weight is 273 g/mol. The van der Waals surface area contributed by atoms with Crippen molar-refractivity contribution in [2.24, 2.45) is 5.92 Å². The Morgan fingerprint density at radius 2 is 2.00 bits per heavy atom. The fourth-order valence-electron chi connectivity index (χ4n) is 1.94. The fourth-order valence-corrected chi connectivity index (χ4v) is 1.94. The van der Waals surface area contributed by atoms with Gasteiger partial charge in [0.2, 0.25) is 11.7 Å². The third-order valence-electron chi connectivity index (χ3n) is 2.78. The molecule has 1 aromatic carbocycles. The van der Waals surface area contributed by atoms with Gasteiger partial charge in [-0.05, 0) is 31.4 Å². The number of esters is 1. The zero-order valence-corrected chi connectivity index (χ0v) is 12.1. The van der Waals surface area contributed by atoms with Crippen LogP contribution in [0.3, 0.4) is 0 Å². The summed E-state index contributed by atoms with van der Waals surface area (Å²) >= 11 is 0. The monoisotopic (exact) mass is 273 g/mol. The van der Waals surface area contributed by atoms with Crippen molar-refractivity contribution in [2.75, 3.05) is 6.61 Å². The van der Waals surface area contributed by atoms with Gasteiger partial charge in [0.05, 0.1) is 12.3 Å². The SMILES string of the molecule is CCOC(=O)c1oc(-c2ccccc2)nc1CC(C)C. The van der Waals surface area contributed by atoms with Crippen molar-refractivity contribution in [3.05, 3.63) is 41.8 Å². The Hall–Kier alpha value is -2.10. The first-order chi connectivity index (χ1) is 9.61. The second-order valence-corrected chi connectivity index (χ2v) is 4.98. The van der Waals surface area contributed by atoms with Crippen LogP contribution in [-0.2, 0) is 11.2 Å². The van der Waals surface area contributed by atoms with E-state index < -0.39 is 5.97 Å². The topological polar surface area (TPSA) is 52.3 Å². The smallest absolute Gasteiger partial charge is 0.376 e. The lowest BCUT2D eigenvalue weighted by Gasteiger charge is -2.02. The lowest BCUT2D eigenvalue weighted by Crippen LogP contribution is -2.08. The van der Waals surface area contributed by atoms with Gasteiger partial charge in [-0.15, -0.1) is 0 Å². The maximum Gasteiger partial charge on any atom is 0.376 e. The molecule has 0 amide bonds. The molecule has 4 nitrogen and oxygen atoms in total. The van der Waals surface area contributed by atoms with Crippen LogP contribution in [0.25, 0.3) is 11.5 Å². The van der Waals surface area contributed by atoms with Gasteiger partial charge in [-0.3, -0.25) is 0 Å². The van der Waals surface area contributed by atoms with E-state index in [4.69, 9.17) is 9.15 Å². The third-order valence-corrected chi connectivity index (χ3v) is 2.78. The van der Waals surface area contributed by atoms with Crippen LogP contribution in [0, 0.1) is 5.92 Å². The Kier molecular flexibility index (Phi) is 4.56. The Morgan fingerprint density at radius 1 is 1.30 bits per heavy atom. The molecule has 1 aromatic heterocycles. The number of ether oxygens (including phenoxy) is 1. The molecule has 0 fully saturated rings. The average Bonchev–Trinajstić information content (AvgIpc) is 2.83. The molecule has 0 spiro atoms. The first kappa shape index (κ1) is 14.3. The summed E-state index contributed by atoms with van der Waals surface area (Å²) in [6.07, 6.45) is 0.685. The second-order valence-electron chi connectivity index (χ2n) is 4.98. The summed E-state index contributed by atoms with van der Waals surface area (Å²) in [5, 5.41) is 0. The van der Waals surface area contributed by atoms with Gasteiger partial charge >= 0.3 is 5.97 Å². The van der Waals surface area contributed by atoms with Crippen molar-refractivity contribution in [1.29, 1.82) is 0 Å². The van der Waals surface area contributed by atoms with E-state index in [0.29, 0.717) is 30.5 Å². The quantitative estimate of drug-likeness (QED) is 0.779. The Labute approximate surface area is 118 Å². The first-order valence-electron chi connectivity index (χ1n) is 6.84. The van der Waals surface area contributed by atoms with E-state index in [1.807, 2.05) is 30.3 Å². The molecular formula is C16H19NO3. The van der Waals surface area contributed by atoms with E-state index in [0.717, 1.165) is 5.56 Å². The molecule has 0 aliphatic carbocycles. The summed E-state index contributed by atoms with van der Waals surface area (Å²) in [4.78, 5) is 16.4. The van der Waals surface area contributed by atoms with Gasteiger partial charge in [-0.25, -0.2) is 9.78 Å². The van der Waals surface area contributed by atoms with E-state index >= 15 is 0 Å². The van der Waals surface area contributed by atoms with E-state index in [1.165, 1.54) is 0 Å². The van der Waals surface area contributed by atoms with Crippen molar-refractivity contribution in [3.63, 3.8) is 0 Å². The van der Waals surface area contributed by atoms with Crippen LogP contribution in [0.15, 0.2) is 34.7 Å². The van der Waals surface area contributed by atoms with Gasteiger partial charge in [0.15, 0.2) is 0 Å². The number of nitrogens with zero attached hydrogens (tertiary/aromatic N) is 1. The van der Waals surface area contributed by atoms with Crippen LogP contribution >= 0.6 is 0 Å². The molecule has 0 atom stereocenters. The number of carbonyl (C=O) groups excluding carboxylic acids is 1. The fraction of sp³-hybridized carbons (Fsp3) is 0.375. The Balaban J connectivity index is 2.39. The van der Waals surface area contributed by atoms with Crippen LogP contribution in [0.2, 0.25) is 0 Å². The van der Waals surface area contributed by atoms with Crippen molar-refractivity contribution in [2.45, 2.75) is 27.2 Å². The van der Waals surface area contributed by atoms with Crippen molar-refractivity contribution < 1.29 is 13.9 Å². The summed E-state index contributed by atoms with van der Waals surface area (Å²) in [5.41, 5.74) is 1.52. The molecule has 0 aliphatic rings. The highest BCUT2D eigenvalue weighted by Crippen LogP contribution is 2.24. The van der Waals surface area contributed by atoms with Crippen molar-refractivity contribution in [3.8, 4) is 11.5 Å². The second kappa shape index (κ2) is 6.37. The number of carbonyl (C=O) groups is 1. The molecule has 0 unspecified atom stereocenters. The molecule has 0 N–H and O–H groups in total. The van der Waals surface area contributed by atoms with E-state index in [9.17, 15) is 4.79 Å². The molecule has 0 bridgehead atoms. The van der Waals surface area contributed by atoms with Crippen molar-refractivity contribution >= 4 is 5.97 Å². The molecule has 4 heteroatoms. The molecular weight excluding hydrogens is 254 g/mol. The Bertz CT molecular complexity index is 573. The number of aromatic nitrogens is 1. The van der Waals surface area contributed by atoms with Crippen LogP contribution in [0.1, 0.15) is 37.0 Å². The molecule has 0 aliphatic heterocycles. The molecule has 1 heterocycles. The molecule has 0 radical (unpaired) electrons. The molecule has 0 saturated heterocycles. The number of benzene rings is 1. The normalized spacial score (nSPS) is 10.8. The van der Waals surface area contributed by atoms with Gasteiger partial charge in [0.1, 0.15) is 0 Å². The van der Waals surface area contributed by atoms with Crippen LogP contribution in [-0.4, -0.2) is 17.6 Å². The molecule has 2 rings (SSSR count). The number of hydrogen-bond donors (Lipinski definition) is 0. The standard InChI is InChI=1S/C16H19NO3/c1-4-19-16(18)14-13(10-11(2)3)17-15(20-14)12-8-6-5-7-9-12/h5-9,11H,4,10H2,1-3H3. The third kappa shape index (κ3) is 3.26. The summed E-state index contributed by atoms with van der Waals surface area (Å²) in [6.45, 7) is 6.24. The zero-order valence-electron chi connectivity index (χ0n) is 12.1. The summed E-state index contributed by atoms with van der Waals surface area (Å²) in [6, 6.07) is 9.55. The highest BCUT2D eigenvalue weighted by atomic mass is 16.5. The maximum absolute atomic E-state index is 11.9. The summed E-state index contributed by atoms with van der Waals surface area (Å²) in [7, 11) is 0. The lowest BCUT2D eigenvalue weighted by molar-refractivity contribution is 0.0489. The predicted molar refractivity (Wildman–Crippen MR) is 76.4 cm³/mol. The molecule has 20 heavy (non-hydrogen) atoms. The van der Waals surface area contributed by atoms with Gasteiger partial charge in [0.25, 0.3) is 0 Å². The number of rotatable bonds is 5. The van der Waals surface area contributed by atoms with E-state index in [1.54, 1.807) is 6.92 Å². The minimum absolute atomic E-state index is 0.222. The van der Waals surface area contributed by atoms with Crippen molar-refractivity contribution in [1.82, 2.24) is 4.98 Å². The summed E-state index contributed by atoms with van der Waals surface area (Å²) in [5.74, 6) is 0.624. The van der Waals surface area contributed by atoms with Crippen LogP contribution in [0.5, 0.6) is 0 Å². The largest absolute Gasteiger partial charge is 0.460 e. The van der Waals surface area contributed by atoms with Gasteiger partial charge < -0.3 is 9.15 Å².